The van der Waals surface area contributed by atoms with Gasteiger partial charge in [-0.2, -0.15) is 0 Å². The highest BCUT2D eigenvalue weighted by molar-refractivity contribution is 6.01. The molecule has 1 fully saturated rings. The van der Waals surface area contributed by atoms with Crippen LogP contribution in [-0.2, 0) is 9.59 Å². The summed E-state index contributed by atoms with van der Waals surface area (Å²) in [7, 11) is 0. The summed E-state index contributed by atoms with van der Waals surface area (Å²) in [4.78, 5) is 25.2. The molecule has 1 aromatic carbocycles. The van der Waals surface area contributed by atoms with Crippen LogP contribution in [0.15, 0.2) is 30.3 Å². The zero-order chi connectivity index (χ0) is 14.6. The van der Waals surface area contributed by atoms with Crippen molar-refractivity contribution in [3.8, 4) is 0 Å². The van der Waals surface area contributed by atoms with Crippen molar-refractivity contribution in [2.24, 2.45) is 11.1 Å². The summed E-state index contributed by atoms with van der Waals surface area (Å²) in [6, 6.07) is 8.92. The minimum atomic E-state index is -1.02. The molecule has 0 heterocycles. The van der Waals surface area contributed by atoms with Crippen LogP contribution in [-0.4, -0.2) is 30.1 Å². The van der Waals surface area contributed by atoms with Gasteiger partial charge in [0.25, 0.3) is 0 Å². The third-order valence-corrected chi connectivity index (χ3v) is 4.01. The predicted molar refractivity (Wildman–Crippen MR) is 76.4 cm³/mol. The van der Waals surface area contributed by atoms with Crippen molar-refractivity contribution in [1.82, 2.24) is 0 Å². The Morgan fingerprint density at radius 3 is 2.30 bits per heavy atom. The fraction of sp³-hybridized carbons (Fsp3) is 0.467. The van der Waals surface area contributed by atoms with Gasteiger partial charge in [-0.15, -0.1) is 0 Å². The molecule has 1 saturated carbocycles. The molecule has 20 heavy (non-hydrogen) atoms. The summed E-state index contributed by atoms with van der Waals surface area (Å²) in [5.41, 5.74) is 5.84. The van der Waals surface area contributed by atoms with Gasteiger partial charge < -0.3 is 15.7 Å². The number of aliphatic carboxylic acids is 1. The molecule has 0 radical (unpaired) electrons. The number of nitrogens with two attached hydrogens (primary N) is 1. The molecule has 0 unspecified atom stereocenters. The van der Waals surface area contributed by atoms with Gasteiger partial charge in [-0.1, -0.05) is 31.0 Å². The van der Waals surface area contributed by atoms with Crippen LogP contribution in [0.5, 0.6) is 0 Å². The van der Waals surface area contributed by atoms with E-state index in [1.807, 2.05) is 6.07 Å². The van der Waals surface area contributed by atoms with E-state index >= 15 is 0 Å². The number of hydrogen-bond acceptors (Lipinski definition) is 3. The van der Waals surface area contributed by atoms with E-state index in [9.17, 15) is 9.59 Å². The van der Waals surface area contributed by atoms with Crippen LogP contribution in [0.3, 0.4) is 0 Å². The third-order valence-electron chi connectivity index (χ3n) is 4.01. The molecule has 1 amide bonds. The Labute approximate surface area is 118 Å². The van der Waals surface area contributed by atoms with Crippen molar-refractivity contribution < 1.29 is 14.7 Å². The Morgan fingerprint density at radius 2 is 1.80 bits per heavy atom. The van der Waals surface area contributed by atoms with Crippen molar-refractivity contribution in [1.29, 1.82) is 0 Å². The Balaban J connectivity index is 2.31. The summed E-state index contributed by atoms with van der Waals surface area (Å²) in [5.74, 6) is -1.18. The lowest BCUT2D eigenvalue weighted by Gasteiger charge is -2.32. The van der Waals surface area contributed by atoms with Crippen molar-refractivity contribution in [3.05, 3.63) is 30.3 Å². The fourth-order valence-electron chi connectivity index (χ4n) is 2.87. The SMILES string of the molecule is NCC1(C(=O)N(CC(=O)O)c2ccccc2)CCCC1. The third kappa shape index (κ3) is 2.82. The van der Waals surface area contributed by atoms with Crippen molar-refractivity contribution in [2.75, 3.05) is 18.0 Å². The van der Waals surface area contributed by atoms with Crippen molar-refractivity contribution in [3.63, 3.8) is 0 Å². The number of para-hydroxylation sites is 1. The highest BCUT2D eigenvalue weighted by Crippen LogP contribution is 2.39. The lowest BCUT2D eigenvalue weighted by molar-refractivity contribution is -0.138. The standard InChI is InChI=1S/C15H20N2O3/c16-11-15(8-4-5-9-15)14(20)17(10-13(18)19)12-6-2-1-3-7-12/h1-3,6-7H,4-5,8-11,16H2,(H,18,19). The van der Waals surface area contributed by atoms with Gasteiger partial charge in [0.15, 0.2) is 0 Å². The number of amides is 1. The number of hydrogen-bond donors (Lipinski definition) is 2. The van der Waals surface area contributed by atoms with Crippen LogP contribution in [0, 0.1) is 5.41 Å². The molecular formula is C15H20N2O3. The second-order valence-electron chi connectivity index (χ2n) is 5.31. The van der Waals surface area contributed by atoms with Crippen LogP contribution < -0.4 is 10.6 Å². The maximum Gasteiger partial charge on any atom is 0.323 e. The number of carbonyl (C=O) groups excluding carboxylic acids is 1. The quantitative estimate of drug-likeness (QED) is 0.856. The van der Waals surface area contributed by atoms with Gasteiger partial charge in [0.1, 0.15) is 6.54 Å². The zero-order valence-corrected chi connectivity index (χ0v) is 11.4. The van der Waals surface area contributed by atoms with Gasteiger partial charge in [0, 0.05) is 12.2 Å². The van der Waals surface area contributed by atoms with Crippen LogP contribution in [0.4, 0.5) is 5.69 Å². The molecule has 108 valence electrons. The number of carbonyl (C=O) groups is 2. The lowest BCUT2D eigenvalue weighted by atomic mass is 9.84. The van der Waals surface area contributed by atoms with E-state index in [0.29, 0.717) is 5.69 Å². The van der Waals surface area contributed by atoms with Crippen LogP contribution in [0.25, 0.3) is 0 Å². The number of anilines is 1. The summed E-state index contributed by atoms with van der Waals surface area (Å²) < 4.78 is 0. The van der Waals surface area contributed by atoms with Gasteiger partial charge in [-0.05, 0) is 25.0 Å². The first kappa shape index (κ1) is 14.5. The largest absolute Gasteiger partial charge is 0.480 e. The second kappa shape index (κ2) is 6.05. The minimum Gasteiger partial charge on any atom is -0.480 e. The summed E-state index contributed by atoms with van der Waals surface area (Å²) in [6.07, 6.45) is 3.42. The number of carboxylic acid groups (broad SMARTS) is 1. The Morgan fingerprint density at radius 1 is 1.20 bits per heavy atom. The molecule has 5 nitrogen and oxygen atoms in total. The monoisotopic (exact) mass is 276 g/mol. The molecule has 0 spiro atoms. The van der Waals surface area contributed by atoms with Gasteiger partial charge in [0.05, 0.1) is 5.41 Å². The second-order valence-corrected chi connectivity index (χ2v) is 5.31. The van der Waals surface area contributed by atoms with Gasteiger partial charge >= 0.3 is 5.97 Å². The van der Waals surface area contributed by atoms with E-state index < -0.39 is 11.4 Å². The van der Waals surface area contributed by atoms with Crippen molar-refractivity contribution in [2.45, 2.75) is 25.7 Å². The minimum absolute atomic E-state index is 0.161. The van der Waals surface area contributed by atoms with Gasteiger partial charge in [0.2, 0.25) is 5.91 Å². The average molecular weight is 276 g/mol. The normalized spacial score (nSPS) is 16.9. The van der Waals surface area contributed by atoms with E-state index in [1.54, 1.807) is 24.3 Å². The maximum atomic E-state index is 12.8. The van der Waals surface area contributed by atoms with Gasteiger partial charge in [-0.3, -0.25) is 9.59 Å². The lowest BCUT2D eigenvalue weighted by Crippen LogP contribution is -2.48. The van der Waals surface area contributed by atoms with Crippen molar-refractivity contribution >= 4 is 17.6 Å². The molecule has 3 N–H and O–H groups in total. The summed E-state index contributed by atoms with van der Waals surface area (Å²) in [6.45, 7) is -0.0562. The molecule has 1 aliphatic carbocycles. The molecule has 1 aromatic rings. The zero-order valence-electron chi connectivity index (χ0n) is 11.4. The van der Waals surface area contributed by atoms with E-state index in [2.05, 4.69) is 0 Å². The summed E-state index contributed by atoms with van der Waals surface area (Å²) in [5, 5.41) is 9.07. The molecule has 0 saturated heterocycles. The molecule has 2 rings (SSSR count). The fourth-order valence-corrected chi connectivity index (χ4v) is 2.87. The van der Waals surface area contributed by atoms with E-state index in [1.165, 1.54) is 4.90 Å². The van der Waals surface area contributed by atoms with E-state index in [0.717, 1.165) is 25.7 Å². The van der Waals surface area contributed by atoms with Crippen LogP contribution in [0.2, 0.25) is 0 Å². The van der Waals surface area contributed by atoms with Crippen LogP contribution in [0.1, 0.15) is 25.7 Å². The molecule has 0 atom stereocenters. The molecule has 0 bridgehead atoms. The summed E-state index contributed by atoms with van der Waals surface area (Å²) >= 11 is 0. The van der Waals surface area contributed by atoms with Crippen LogP contribution >= 0.6 is 0 Å². The smallest absolute Gasteiger partial charge is 0.323 e. The molecule has 0 aliphatic heterocycles. The molecule has 1 aliphatic rings. The average Bonchev–Trinajstić information content (AvgIpc) is 2.95. The first-order chi connectivity index (χ1) is 9.59. The number of carboxylic acids is 1. The number of benzene rings is 1. The van der Waals surface area contributed by atoms with E-state index in [4.69, 9.17) is 10.8 Å². The maximum absolute atomic E-state index is 12.8. The highest BCUT2D eigenvalue weighted by Gasteiger charge is 2.43. The van der Waals surface area contributed by atoms with E-state index in [-0.39, 0.29) is 19.0 Å². The Kier molecular flexibility index (Phi) is 4.39. The Bertz CT molecular complexity index is 481. The number of nitrogens with zero attached hydrogens (tertiary/aromatic N) is 1. The number of rotatable bonds is 5. The topological polar surface area (TPSA) is 83.6 Å². The Hall–Kier alpha value is -1.88. The highest BCUT2D eigenvalue weighted by atomic mass is 16.4. The first-order valence-corrected chi connectivity index (χ1v) is 6.88. The van der Waals surface area contributed by atoms with Gasteiger partial charge in [-0.25, -0.2) is 0 Å². The molecule has 0 aromatic heterocycles. The first-order valence-electron chi connectivity index (χ1n) is 6.88. The molecule has 5 heteroatoms. The predicted octanol–water partition coefficient (Wildman–Crippen LogP) is 1.62. The molecular weight excluding hydrogens is 256 g/mol.